The molecule has 3 aromatic rings. The number of nitrogens with one attached hydrogen (secondary N) is 2. The molecule has 0 bridgehead atoms. The summed E-state index contributed by atoms with van der Waals surface area (Å²) in [6.07, 6.45) is -0.605. The Morgan fingerprint density at radius 3 is 3.00 bits per heavy atom. The predicted molar refractivity (Wildman–Crippen MR) is 83.8 cm³/mol. The van der Waals surface area contributed by atoms with Crippen LogP contribution in [-0.2, 0) is 0 Å². The highest BCUT2D eigenvalue weighted by molar-refractivity contribution is 7.18. The van der Waals surface area contributed by atoms with E-state index in [0.717, 1.165) is 11.0 Å². The highest BCUT2D eigenvalue weighted by atomic mass is 32.1. The molecule has 2 aromatic heterocycles. The summed E-state index contributed by atoms with van der Waals surface area (Å²) >= 11 is 1.21. The normalized spacial score (nSPS) is 12.3. The first-order valence-electron chi connectivity index (χ1n) is 6.67. The van der Waals surface area contributed by atoms with Crippen LogP contribution in [0.15, 0.2) is 34.7 Å². The van der Waals surface area contributed by atoms with Crippen molar-refractivity contribution in [2.75, 3.05) is 11.9 Å². The number of fused-ring (bicyclic) bond motifs is 1. The second kappa shape index (κ2) is 6.12. The van der Waals surface area contributed by atoms with Crippen LogP contribution in [-0.4, -0.2) is 34.0 Å². The molecule has 7 nitrogen and oxygen atoms in total. The molecule has 0 saturated carbocycles. The van der Waals surface area contributed by atoms with Crippen LogP contribution in [0, 0.1) is 0 Å². The predicted octanol–water partition coefficient (Wildman–Crippen LogP) is 2.45. The Morgan fingerprint density at radius 2 is 2.23 bits per heavy atom. The van der Waals surface area contributed by atoms with E-state index in [1.165, 1.54) is 11.3 Å². The lowest BCUT2D eigenvalue weighted by Gasteiger charge is -2.06. The third-order valence-corrected chi connectivity index (χ3v) is 3.69. The number of para-hydroxylation sites is 1. The Hall–Kier alpha value is -2.45. The van der Waals surface area contributed by atoms with Gasteiger partial charge in [-0.3, -0.25) is 5.32 Å². The molecule has 0 aliphatic rings. The number of anilines is 1. The molecule has 3 N–H and O–H groups in total. The van der Waals surface area contributed by atoms with E-state index in [9.17, 15) is 4.79 Å². The molecule has 8 heteroatoms. The van der Waals surface area contributed by atoms with Crippen LogP contribution in [0.5, 0.6) is 0 Å². The molecule has 114 valence electrons. The number of carbonyl (C=O) groups is 1. The van der Waals surface area contributed by atoms with Crippen molar-refractivity contribution in [3.63, 3.8) is 0 Å². The summed E-state index contributed by atoms with van der Waals surface area (Å²) in [6, 6.07) is 9.10. The van der Waals surface area contributed by atoms with Crippen molar-refractivity contribution in [2.24, 2.45) is 0 Å². The third kappa shape index (κ3) is 3.23. The Kier molecular flexibility index (Phi) is 4.03. The van der Waals surface area contributed by atoms with Gasteiger partial charge >= 0.3 is 6.03 Å². The molecule has 2 amide bonds. The second-order valence-electron chi connectivity index (χ2n) is 4.74. The summed E-state index contributed by atoms with van der Waals surface area (Å²) in [5.74, 6) is 0.608. The summed E-state index contributed by atoms with van der Waals surface area (Å²) in [4.78, 5) is 11.6. The van der Waals surface area contributed by atoms with Crippen molar-refractivity contribution in [3.8, 4) is 10.8 Å². The van der Waals surface area contributed by atoms with Gasteiger partial charge in [-0.25, -0.2) is 4.79 Å². The zero-order valence-corrected chi connectivity index (χ0v) is 12.6. The molecule has 0 aliphatic carbocycles. The van der Waals surface area contributed by atoms with Crippen LogP contribution in [0.1, 0.15) is 6.92 Å². The number of aliphatic hydroxyl groups excluding tert-OH is 1. The molecule has 22 heavy (non-hydrogen) atoms. The zero-order chi connectivity index (χ0) is 15.5. The number of aromatic nitrogens is 2. The first-order valence-corrected chi connectivity index (χ1v) is 7.49. The van der Waals surface area contributed by atoms with Crippen LogP contribution in [0.4, 0.5) is 9.93 Å². The number of aliphatic hydroxyl groups is 1. The molecule has 0 unspecified atom stereocenters. The van der Waals surface area contributed by atoms with Gasteiger partial charge in [0, 0.05) is 11.9 Å². The maximum absolute atomic E-state index is 11.6. The Labute approximate surface area is 130 Å². The second-order valence-corrected chi connectivity index (χ2v) is 5.72. The number of benzene rings is 1. The van der Waals surface area contributed by atoms with E-state index < -0.39 is 12.1 Å². The fourth-order valence-corrected chi connectivity index (χ4v) is 2.53. The Balaban J connectivity index is 1.72. The van der Waals surface area contributed by atoms with E-state index in [2.05, 4.69) is 20.8 Å². The Morgan fingerprint density at radius 1 is 1.41 bits per heavy atom. The summed E-state index contributed by atoms with van der Waals surface area (Å²) in [5, 5.41) is 24.0. The maximum atomic E-state index is 11.6. The van der Waals surface area contributed by atoms with Gasteiger partial charge in [0.05, 0.1) is 6.10 Å². The van der Waals surface area contributed by atoms with Gasteiger partial charge in [-0.1, -0.05) is 29.5 Å². The monoisotopic (exact) mass is 318 g/mol. The summed E-state index contributed by atoms with van der Waals surface area (Å²) in [6.45, 7) is 1.76. The van der Waals surface area contributed by atoms with Gasteiger partial charge in [-0.15, -0.1) is 10.2 Å². The van der Waals surface area contributed by atoms with Gasteiger partial charge in [0.25, 0.3) is 0 Å². The zero-order valence-electron chi connectivity index (χ0n) is 11.7. The summed E-state index contributed by atoms with van der Waals surface area (Å²) < 4.78 is 5.70. The molecule has 1 aromatic carbocycles. The van der Waals surface area contributed by atoms with Crippen molar-refractivity contribution < 1.29 is 14.3 Å². The lowest BCUT2D eigenvalue weighted by Crippen LogP contribution is -2.34. The molecule has 0 saturated heterocycles. The van der Waals surface area contributed by atoms with Crippen molar-refractivity contribution in [3.05, 3.63) is 30.3 Å². The largest absolute Gasteiger partial charge is 0.453 e. The first kappa shape index (κ1) is 14.5. The number of carbonyl (C=O) groups excluding carboxylic acids is 1. The van der Waals surface area contributed by atoms with E-state index in [1.807, 2.05) is 30.3 Å². The van der Waals surface area contributed by atoms with E-state index in [0.29, 0.717) is 15.9 Å². The van der Waals surface area contributed by atoms with Crippen LogP contribution < -0.4 is 10.6 Å². The van der Waals surface area contributed by atoms with Gasteiger partial charge in [-0.05, 0) is 19.1 Å². The van der Waals surface area contributed by atoms with Gasteiger partial charge < -0.3 is 14.8 Å². The van der Waals surface area contributed by atoms with Gasteiger partial charge in [0.2, 0.25) is 5.13 Å². The minimum absolute atomic E-state index is 0.168. The topological polar surface area (TPSA) is 100 Å². The van der Waals surface area contributed by atoms with Crippen LogP contribution in [0.3, 0.4) is 0 Å². The minimum atomic E-state index is -0.605. The van der Waals surface area contributed by atoms with Gasteiger partial charge in [-0.2, -0.15) is 0 Å². The smallest absolute Gasteiger partial charge is 0.321 e. The molecule has 0 aliphatic heterocycles. The highest BCUT2D eigenvalue weighted by Gasteiger charge is 2.13. The quantitative estimate of drug-likeness (QED) is 0.686. The molecule has 2 heterocycles. The molecule has 0 radical (unpaired) electrons. The lowest BCUT2D eigenvalue weighted by molar-refractivity contribution is 0.190. The third-order valence-electron chi connectivity index (χ3n) is 2.84. The standard InChI is InChI=1S/C14H14N4O3S/c1-8(19)7-15-13(20)16-14-18-17-12(22-14)11-6-9-4-2-3-5-10(9)21-11/h2-6,8,19H,7H2,1H3,(H2,15,16,18,20)/t8-/m1/s1. The summed E-state index contributed by atoms with van der Waals surface area (Å²) in [7, 11) is 0. The first-order chi connectivity index (χ1) is 10.6. The number of amides is 2. The molecular weight excluding hydrogens is 304 g/mol. The van der Waals surface area contributed by atoms with Crippen LogP contribution >= 0.6 is 11.3 Å². The van der Waals surface area contributed by atoms with Crippen molar-refractivity contribution >= 4 is 33.5 Å². The fraction of sp³-hybridized carbons (Fsp3) is 0.214. The summed E-state index contributed by atoms with van der Waals surface area (Å²) in [5.41, 5.74) is 0.775. The van der Waals surface area contributed by atoms with Crippen molar-refractivity contribution in [2.45, 2.75) is 13.0 Å². The number of furan rings is 1. The van der Waals surface area contributed by atoms with E-state index >= 15 is 0 Å². The number of nitrogens with zero attached hydrogens (tertiary/aromatic N) is 2. The van der Waals surface area contributed by atoms with Crippen molar-refractivity contribution in [1.82, 2.24) is 15.5 Å². The fourth-order valence-electron chi connectivity index (χ4n) is 1.84. The molecule has 0 fully saturated rings. The van der Waals surface area contributed by atoms with E-state index in [-0.39, 0.29) is 6.54 Å². The number of hydrogen-bond donors (Lipinski definition) is 3. The Bertz CT molecular complexity index is 763. The molecule has 0 spiro atoms. The lowest BCUT2D eigenvalue weighted by atomic mass is 10.2. The SMILES string of the molecule is C[C@@H](O)CNC(=O)Nc1nnc(-c2cc3ccccc3o2)s1. The maximum Gasteiger partial charge on any atom is 0.321 e. The molecular formula is C14H14N4O3S. The highest BCUT2D eigenvalue weighted by Crippen LogP contribution is 2.31. The average molecular weight is 318 g/mol. The van der Waals surface area contributed by atoms with Crippen LogP contribution in [0.2, 0.25) is 0 Å². The molecule has 1 atom stereocenters. The van der Waals surface area contributed by atoms with Crippen molar-refractivity contribution in [1.29, 1.82) is 0 Å². The minimum Gasteiger partial charge on any atom is -0.453 e. The number of rotatable bonds is 4. The van der Waals surface area contributed by atoms with E-state index in [4.69, 9.17) is 9.52 Å². The van der Waals surface area contributed by atoms with Gasteiger partial charge in [0.1, 0.15) is 5.58 Å². The van der Waals surface area contributed by atoms with Gasteiger partial charge in [0.15, 0.2) is 10.8 Å². The number of urea groups is 1. The van der Waals surface area contributed by atoms with E-state index in [1.54, 1.807) is 6.92 Å². The van der Waals surface area contributed by atoms with Crippen LogP contribution in [0.25, 0.3) is 21.7 Å². The molecule has 3 rings (SSSR count). The average Bonchev–Trinajstić information content (AvgIpc) is 3.11. The number of hydrogen-bond acceptors (Lipinski definition) is 6.